The molecule has 0 unspecified atom stereocenters. The molecule has 4 nitrogen and oxygen atoms in total. The SMILES string of the molecule is COC(C)(C)CCn1nc(CNC(C)C)c2ccccc21. The molecular formula is C17H27N3O. The van der Waals surface area contributed by atoms with E-state index in [1.165, 1.54) is 10.9 Å². The van der Waals surface area contributed by atoms with E-state index >= 15 is 0 Å². The molecule has 0 bridgehead atoms. The van der Waals surface area contributed by atoms with Crippen molar-refractivity contribution in [3.63, 3.8) is 0 Å². The molecule has 21 heavy (non-hydrogen) atoms. The van der Waals surface area contributed by atoms with Gasteiger partial charge in [0.25, 0.3) is 0 Å². The number of hydrogen-bond acceptors (Lipinski definition) is 3. The first-order chi connectivity index (χ1) is 9.93. The Bertz CT molecular complexity index is 587. The number of nitrogens with one attached hydrogen (secondary N) is 1. The number of methoxy groups -OCH3 is 1. The molecule has 2 rings (SSSR count). The number of rotatable bonds is 7. The molecule has 116 valence electrons. The van der Waals surface area contributed by atoms with Crippen LogP contribution in [0.15, 0.2) is 24.3 Å². The first-order valence-corrected chi connectivity index (χ1v) is 7.66. The number of para-hydroxylation sites is 1. The van der Waals surface area contributed by atoms with E-state index in [4.69, 9.17) is 9.84 Å². The van der Waals surface area contributed by atoms with Gasteiger partial charge >= 0.3 is 0 Å². The van der Waals surface area contributed by atoms with Crippen molar-refractivity contribution >= 4 is 10.9 Å². The van der Waals surface area contributed by atoms with E-state index in [9.17, 15) is 0 Å². The van der Waals surface area contributed by atoms with Gasteiger partial charge in [-0.25, -0.2) is 0 Å². The normalized spacial score (nSPS) is 12.5. The van der Waals surface area contributed by atoms with E-state index < -0.39 is 0 Å². The summed E-state index contributed by atoms with van der Waals surface area (Å²) in [5, 5.41) is 9.48. The lowest BCUT2D eigenvalue weighted by atomic mass is 10.1. The highest BCUT2D eigenvalue weighted by Gasteiger charge is 2.18. The Kier molecular flexibility index (Phi) is 5.01. The Hall–Kier alpha value is -1.39. The highest BCUT2D eigenvalue weighted by atomic mass is 16.5. The van der Waals surface area contributed by atoms with Gasteiger partial charge in [0, 0.05) is 31.6 Å². The number of nitrogens with zero attached hydrogens (tertiary/aromatic N) is 2. The first-order valence-electron chi connectivity index (χ1n) is 7.66. The van der Waals surface area contributed by atoms with Crippen molar-refractivity contribution < 1.29 is 4.74 Å². The van der Waals surface area contributed by atoms with Crippen LogP contribution in [0.4, 0.5) is 0 Å². The molecule has 1 N–H and O–H groups in total. The van der Waals surface area contributed by atoms with Crippen LogP contribution < -0.4 is 5.32 Å². The van der Waals surface area contributed by atoms with Crippen LogP contribution >= 0.6 is 0 Å². The second-order valence-corrected chi connectivity index (χ2v) is 6.44. The standard InChI is InChI=1S/C17H27N3O/c1-13(2)18-12-15-14-8-6-7-9-16(14)20(19-15)11-10-17(3,4)21-5/h6-9,13,18H,10-12H2,1-5H3. The maximum absolute atomic E-state index is 5.50. The van der Waals surface area contributed by atoms with Crippen LogP contribution in [0.5, 0.6) is 0 Å². The highest BCUT2D eigenvalue weighted by molar-refractivity contribution is 5.81. The van der Waals surface area contributed by atoms with Gasteiger partial charge in [-0.1, -0.05) is 32.0 Å². The third-order valence-electron chi connectivity index (χ3n) is 3.89. The quantitative estimate of drug-likeness (QED) is 0.849. The van der Waals surface area contributed by atoms with Crippen LogP contribution in [0, 0.1) is 0 Å². The van der Waals surface area contributed by atoms with Crippen LogP contribution in [0.1, 0.15) is 39.8 Å². The largest absolute Gasteiger partial charge is 0.379 e. The average Bonchev–Trinajstić information content (AvgIpc) is 2.81. The Labute approximate surface area is 127 Å². The molecule has 0 aliphatic carbocycles. The summed E-state index contributed by atoms with van der Waals surface area (Å²) in [5.41, 5.74) is 2.20. The fourth-order valence-corrected chi connectivity index (χ4v) is 2.28. The topological polar surface area (TPSA) is 39.1 Å². The fraction of sp³-hybridized carbons (Fsp3) is 0.588. The minimum absolute atomic E-state index is 0.122. The molecule has 0 spiro atoms. The summed E-state index contributed by atoms with van der Waals surface area (Å²) in [6.45, 7) is 10.2. The van der Waals surface area contributed by atoms with Crippen molar-refractivity contribution in [2.45, 2.75) is 58.8 Å². The number of aromatic nitrogens is 2. The van der Waals surface area contributed by atoms with Crippen molar-refractivity contribution in [2.24, 2.45) is 0 Å². The maximum Gasteiger partial charge on any atom is 0.0841 e. The molecule has 0 radical (unpaired) electrons. The Morgan fingerprint density at radius 1 is 1.29 bits per heavy atom. The zero-order valence-electron chi connectivity index (χ0n) is 13.8. The number of fused-ring (bicyclic) bond motifs is 1. The first kappa shape index (κ1) is 16.0. The smallest absolute Gasteiger partial charge is 0.0841 e. The van der Waals surface area contributed by atoms with Gasteiger partial charge in [-0.05, 0) is 26.3 Å². The number of ether oxygens (including phenoxy) is 1. The molecule has 2 aromatic rings. The molecule has 0 amide bonds. The zero-order chi connectivity index (χ0) is 15.5. The molecule has 1 heterocycles. The molecule has 0 saturated carbocycles. The molecule has 0 atom stereocenters. The number of benzene rings is 1. The summed E-state index contributed by atoms with van der Waals surface area (Å²) >= 11 is 0. The molecule has 0 fully saturated rings. The molecule has 0 saturated heterocycles. The summed E-state index contributed by atoms with van der Waals surface area (Å²) in [6.07, 6.45) is 0.937. The van der Waals surface area contributed by atoms with Gasteiger partial charge in [0.2, 0.25) is 0 Å². The van der Waals surface area contributed by atoms with Crippen molar-refractivity contribution in [1.29, 1.82) is 0 Å². The zero-order valence-corrected chi connectivity index (χ0v) is 13.8. The Morgan fingerprint density at radius 3 is 2.67 bits per heavy atom. The van der Waals surface area contributed by atoms with Crippen molar-refractivity contribution in [1.82, 2.24) is 15.1 Å². The molecule has 4 heteroatoms. The molecule has 0 aliphatic heterocycles. The van der Waals surface area contributed by atoms with Crippen LogP contribution in [0.3, 0.4) is 0 Å². The van der Waals surface area contributed by atoms with Gasteiger partial charge in [0.15, 0.2) is 0 Å². The van der Waals surface area contributed by atoms with Crippen molar-refractivity contribution in [2.75, 3.05) is 7.11 Å². The highest BCUT2D eigenvalue weighted by Crippen LogP contribution is 2.21. The maximum atomic E-state index is 5.50. The van der Waals surface area contributed by atoms with Crippen LogP contribution in [-0.4, -0.2) is 28.5 Å². The summed E-state index contributed by atoms with van der Waals surface area (Å²) in [6, 6.07) is 8.90. The lowest BCUT2D eigenvalue weighted by molar-refractivity contribution is 0.0115. The van der Waals surface area contributed by atoms with Crippen LogP contribution in [0.25, 0.3) is 10.9 Å². The van der Waals surface area contributed by atoms with E-state index in [0.29, 0.717) is 6.04 Å². The van der Waals surface area contributed by atoms with Gasteiger partial charge in [0.1, 0.15) is 0 Å². The summed E-state index contributed by atoms with van der Waals surface area (Å²) in [7, 11) is 1.76. The van der Waals surface area contributed by atoms with Gasteiger partial charge in [0.05, 0.1) is 16.8 Å². The predicted molar refractivity (Wildman–Crippen MR) is 87.4 cm³/mol. The monoisotopic (exact) mass is 289 g/mol. The Balaban J connectivity index is 2.23. The second kappa shape index (κ2) is 6.58. The van der Waals surface area contributed by atoms with Gasteiger partial charge < -0.3 is 10.1 Å². The van der Waals surface area contributed by atoms with E-state index in [-0.39, 0.29) is 5.60 Å². The number of hydrogen-bond donors (Lipinski definition) is 1. The molecule has 1 aromatic heterocycles. The number of aryl methyl sites for hydroxylation is 1. The fourth-order valence-electron chi connectivity index (χ4n) is 2.28. The van der Waals surface area contributed by atoms with E-state index in [0.717, 1.165) is 25.2 Å². The minimum Gasteiger partial charge on any atom is -0.379 e. The Morgan fingerprint density at radius 2 is 2.00 bits per heavy atom. The average molecular weight is 289 g/mol. The van der Waals surface area contributed by atoms with Gasteiger partial charge in [-0.2, -0.15) is 5.10 Å². The van der Waals surface area contributed by atoms with E-state index in [1.807, 2.05) is 0 Å². The van der Waals surface area contributed by atoms with Gasteiger partial charge in [-0.3, -0.25) is 4.68 Å². The third kappa shape index (κ3) is 4.05. The van der Waals surface area contributed by atoms with E-state index in [1.54, 1.807) is 7.11 Å². The summed E-state index contributed by atoms with van der Waals surface area (Å²) in [4.78, 5) is 0. The van der Waals surface area contributed by atoms with Gasteiger partial charge in [-0.15, -0.1) is 0 Å². The molecule has 0 aliphatic rings. The third-order valence-corrected chi connectivity index (χ3v) is 3.89. The predicted octanol–water partition coefficient (Wildman–Crippen LogP) is 3.35. The lowest BCUT2D eigenvalue weighted by Crippen LogP contribution is -2.25. The molecule has 1 aromatic carbocycles. The molecular weight excluding hydrogens is 262 g/mol. The second-order valence-electron chi connectivity index (χ2n) is 6.44. The summed E-state index contributed by atoms with van der Waals surface area (Å²) in [5.74, 6) is 0. The van der Waals surface area contributed by atoms with Crippen LogP contribution in [-0.2, 0) is 17.8 Å². The van der Waals surface area contributed by atoms with Crippen molar-refractivity contribution in [3.05, 3.63) is 30.0 Å². The lowest BCUT2D eigenvalue weighted by Gasteiger charge is -2.22. The van der Waals surface area contributed by atoms with E-state index in [2.05, 4.69) is 62.0 Å². The summed E-state index contributed by atoms with van der Waals surface area (Å²) < 4.78 is 7.61. The van der Waals surface area contributed by atoms with Crippen LogP contribution in [0.2, 0.25) is 0 Å². The van der Waals surface area contributed by atoms with Crippen molar-refractivity contribution in [3.8, 4) is 0 Å². The minimum atomic E-state index is -0.122.